The normalized spacial score (nSPS) is 10.7. The number of hydrogen-bond donors (Lipinski definition) is 0. The quantitative estimate of drug-likeness (QED) is 0.214. The Bertz CT molecular complexity index is 371. The van der Waals surface area contributed by atoms with Crippen LogP contribution in [0.25, 0.3) is 0 Å². The highest BCUT2D eigenvalue weighted by molar-refractivity contribution is 5.22. The van der Waals surface area contributed by atoms with Gasteiger partial charge >= 0.3 is 0 Å². The maximum absolute atomic E-state index is 3.78. The summed E-state index contributed by atoms with van der Waals surface area (Å²) in [6.07, 6.45) is 22.4. The Morgan fingerprint density at radius 2 is 0.833 bits per heavy atom. The van der Waals surface area contributed by atoms with E-state index in [0.29, 0.717) is 0 Å². The molecular weight excluding hydrogens is 288 g/mol. The van der Waals surface area contributed by atoms with Crippen LogP contribution in [0, 0.1) is 0 Å². The summed E-state index contributed by atoms with van der Waals surface area (Å²) in [6.45, 7) is 7.55. The van der Waals surface area contributed by atoms with Crippen molar-refractivity contribution in [2.45, 2.75) is 89.9 Å². The minimum atomic E-state index is 1.18. The lowest BCUT2D eigenvalue weighted by Crippen LogP contribution is -1.90. The molecule has 0 saturated heterocycles. The lowest BCUT2D eigenvalue weighted by molar-refractivity contribution is 0.616. The molecule has 0 unspecified atom stereocenters. The van der Waals surface area contributed by atoms with Crippen LogP contribution in [0.2, 0.25) is 0 Å². The summed E-state index contributed by atoms with van der Waals surface area (Å²) in [4.78, 5) is 0. The van der Waals surface area contributed by atoms with Gasteiger partial charge in [-0.05, 0) is 62.5 Å². The fourth-order valence-electron chi connectivity index (χ4n) is 3.17. The molecule has 0 spiro atoms. The van der Waals surface area contributed by atoms with Crippen LogP contribution in [0.5, 0.6) is 0 Å². The lowest BCUT2D eigenvalue weighted by Gasteiger charge is -2.05. The standard InChI is InChI=1S/C24H38/c1-3-5-7-9-11-13-15-17-23-19-21-24(22-20-23)18-16-14-12-10-8-6-4-2/h3-4,19-22H,1-2,5-18H2. The molecule has 0 aliphatic rings. The number of unbranched alkanes of at least 4 members (excludes halogenated alkanes) is 10. The van der Waals surface area contributed by atoms with Crippen LogP contribution in [0.3, 0.4) is 0 Å². The first kappa shape index (κ1) is 20.7. The molecule has 0 fully saturated rings. The zero-order valence-corrected chi connectivity index (χ0v) is 15.8. The third-order valence-corrected chi connectivity index (χ3v) is 4.77. The van der Waals surface area contributed by atoms with Gasteiger partial charge in [0.2, 0.25) is 0 Å². The molecule has 1 aromatic carbocycles. The van der Waals surface area contributed by atoms with Crippen molar-refractivity contribution in [3.63, 3.8) is 0 Å². The second-order valence-corrected chi connectivity index (χ2v) is 7.01. The average molecular weight is 327 g/mol. The topological polar surface area (TPSA) is 0 Å². The van der Waals surface area contributed by atoms with Crippen LogP contribution in [0.4, 0.5) is 0 Å². The summed E-state index contributed by atoms with van der Waals surface area (Å²) < 4.78 is 0. The van der Waals surface area contributed by atoms with E-state index >= 15 is 0 Å². The summed E-state index contributed by atoms with van der Waals surface area (Å²) in [5, 5.41) is 0. The molecule has 24 heavy (non-hydrogen) atoms. The van der Waals surface area contributed by atoms with Gasteiger partial charge in [0.25, 0.3) is 0 Å². The first-order valence-corrected chi connectivity index (χ1v) is 10.2. The summed E-state index contributed by atoms with van der Waals surface area (Å²) in [5.41, 5.74) is 3.02. The second kappa shape index (κ2) is 15.2. The molecule has 0 radical (unpaired) electrons. The lowest BCUT2D eigenvalue weighted by atomic mass is 10.0. The summed E-state index contributed by atoms with van der Waals surface area (Å²) in [5.74, 6) is 0. The maximum Gasteiger partial charge on any atom is -0.0279 e. The van der Waals surface area contributed by atoms with E-state index in [1.54, 1.807) is 0 Å². The third-order valence-electron chi connectivity index (χ3n) is 4.77. The van der Waals surface area contributed by atoms with E-state index in [9.17, 15) is 0 Å². The predicted molar refractivity (Wildman–Crippen MR) is 110 cm³/mol. The highest BCUT2D eigenvalue weighted by Crippen LogP contribution is 2.14. The van der Waals surface area contributed by atoms with E-state index in [2.05, 4.69) is 37.4 Å². The Morgan fingerprint density at radius 3 is 1.21 bits per heavy atom. The summed E-state index contributed by atoms with van der Waals surface area (Å²) >= 11 is 0. The van der Waals surface area contributed by atoms with Crippen LogP contribution in [-0.4, -0.2) is 0 Å². The number of benzene rings is 1. The molecule has 134 valence electrons. The Morgan fingerprint density at radius 1 is 0.500 bits per heavy atom. The Balaban J connectivity index is 2.04. The molecule has 0 aliphatic carbocycles. The fourth-order valence-corrected chi connectivity index (χ4v) is 3.17. The zero-order valence-electron chi connectivity index (χ0n) is 15.8. The van der Waals surface area contributed by atoms with Crippen LogP contribution in [0.15, 0.2) is 49.6 Å². The van der Waals surface area contributed by atoms with Crippen LogP contribution < -0.4 is 0 Å². The van der Waals surface area contributed by atoms with Crippen LogP contribution in [-0.2, 0) is 12.8 Å². The average Bonchev–Trinajstić information content (AvgIpc) is 2.61. The van der Waals surface area contributed by atoms with Gasteiger partial charge in [0.1, 0.15) is 0 Å². The van der Waals surface area contributed by atoms with Crippen molar-refractivity contribution in [2.24, 2.45) is 0 Å². The molecule has 0 aromatic heterocycles. The monoisotopic (exact) mass is 326 g/mol. The van der Waals surface area contributed by atoms with Crippen LogP contribution >= 0.6 is 0 Å². The van der Waals surface area contributed by atoms with Gasteiger partial charge in [-0.1, -0.05) is 74.9 Å². The molecule has 0 N–H and O–H groups in total. The Labute approximate surface area is 151 Å². The molecule has 0 heterocycles. The molecule has 0 nitrogen and oxygen atoms in total. The second-order valence-electron chi connectivity index (χ2n) is 7.01. The summed E-state index contributed by atoms with van der Waals surface area (Å²) in [6, 6.07) is 9.38. The number of hydrogen-bond acceptors (Lipinski definition) is 0. The first-order valence-electron chi connectivity index (χ1n) is 10.2. The van der Waals surface area contributed by atoms with E-state index in [1.807, 2.05) is 12.2 Å². The smallest absolute Gasteiger partial charge is 0.0279 e. The van der Waals surface area contributed by atoms with E-state index in [-0.39, 0.29) is 0 Å². The van der Waals surface area contributed by atoms with Crippen molar-refractivity contribution in [1.82, 2.24) is 0 Å². The molecule has 0 aliphatic heterocycles. The van der Waals surface area contributed by atoms with Gasteiger partial charge in [0.05, 0.1) is 0 Å². The van der Waals surface area contributed by atoms with E-state index in [0.717, 1.165) is 0 Å². The number of rotatable bonds is 16. The highest BCUT2D eigenvalue weighted by Gasteiger charge is 1.97. The maximum atomic E-state index is 3.78. The van der Waals surface area contributed by atoms with E-state index < -0.39 is 0 Å². The third kappa shape index (κ3) is 11.3. The number of aryl methyl sites for hydroxylation is 2. The predicted octanol–water partition coefficient (Wildman–Crippen LogP) is 7.82. The number of allylic oxidation sites excluding steroid dienone is 2. The Hall–Kier alpha value is -1.30. The molecule has 0 saturated carbocycles. The molecule has 0 atom stereocenters. The molecular formula is C24H38. The molecule has 0 heteroatoms. The summed E-state index contributed by atoms with van der Waals surface area (Å²) in [7, 11) is 0. The molecule has 1 rings (SSSR count). The van der Waals surface area contributed by atoms with E-state index in [1.165, 1.54) is 101 Å². The molecule has 0 bridgehead atoms. The van der Waals surface area contributed by atoms with Crippen LogP contribution in [0.1, 0.15) is 88.2 Å². The SMILES string of the molecule is C=CCCCCCCCc1ccc(CCCCCCCC=C)cc1. The van der Waals surface area contributed by atoms with Gasteiger partial charge in [-0.2, -0.15) is 0 Å². The van der Waals surface area contributed by atoms with Gasteiger partial charge in [0, 0.05) is 0 Å². The van der Waals surface area contributed by atoms with Crippen molar-refractivity contribution in [1.29, 1.82) is 0 Å². The van der Waals surface area contributed by atoms with Crippen molar-refractivity contribution >= 4 is 0 Å². The van der Waals surface area contributed by atoms with Gasteiger partial charge < -0.3 is 0 Å². The zero-order chi connectivity index (χ0) is 17.3. The Kier molecular flexibility index (Phi) is 13.2. The van der Waals surface area contributed by atoms with E-state index in [4.69, 9.17) is 0 Å². The minimum Gasteiger partial charge on any atom is -0.103 e. The molecule has 0 amide bonds. The fraction of sp³-hybridized carbons (Fsp3) is 0.583. The molecule has 1 aromatic rings. The largest absolute Gasteiger partial charge is 0.103 e. The van der Waals surface area contributed by atoms with Gasteiger partial charge in [-0.25, -0.2) is 0 Å². The van der Waals surface area contributed by atoms with Gasteiger partial charge in [-0.15, -0.1) is 13.2 Å². The minimum absolute atomic E-state index is 1.18. The van der Waals surface area contributed by atoms with Crippen molar-refractivity contribution < 1.29 is 0 Å². The van der Waals surface area contributed by atoms with Gasteiger partial charge in [0.15, 0.2) is 0 Å². The highest BCUT2D eigenvalue weighted by atomic mass is 14.0. The van der Waals surface area contributed by atoms with Gasteiger partial charge in [-0.3, -0.25) is 0 Å². The van der Waals surface area contributed by atoms with Crippen molar-refractivity contribution in [2.75, 3.05) is 0 Å². The van der Waals surface area contributed by atoms with Crippen molar-refractivity contribution in [3.8, 4) is 0 Å². The first-order chi connectivity index (χ1) is 11.9. The van der Waals surface area contributed by atoms with Crippen molar-refractivity contribution in [3.05, 3.63) is 60.7 Å².